The molecule has 1 aliphatic heterocycles. The molecule has 1 aromatic rings. The van der Waals surface area contributed by atoms with Crippen LogP contribution in [0.5, 0.6) is 0 Å². The fourth-order valence-electron chi connectivity index (χ4n) is 3.35. The molecule has 1 saturated carbocycles. The first kappa shape index (κ1) is 13.9. The number of hydrogen-bond donors (Lipinski definition) is 2. The third-order valence-electron chi connectivity index (χ3n) is 4.40. The summed E-state index contributed by atoms with van der Waals surface area (Å²) in [6.07, 6.45) is 8.67. The van der Waals surface area contributed by atoms with E-state index in [9.17, 15) is 0 Å². The zero-order valence-corrected chi connectivity index (χ0v) is 12.7. The first-order valence-corrected chi connectivity index (χ1v) is 8.39. The van der Waals surface area contributed by atoms with Crippen molar-refractivity contribution >= 4 is 23.5 Å². The number of nitrogens with zero attached hydrogens (tertiary/aromatic N) is 3. The fraction of sp³-hybridized carbons (Fsp3) is 0.714. The van der Waals surface area contributed by atoms with Crippen molar-refractivity contribution in [2.24, 2.45) is 0 Å². The van der Waals surface area contributed by atoms with Gasteiger partial charge in [-0.25, -0.2) is 4.98 Å². The van der Waals surface area contributed by atoms with Crippen LogP contribution in [0.2, 0.25) is 0 Å². The Morgan fingerprint density at radius 3 is 2.80 bits per heavy atom. The highest BCUT2D eigenvalue weighted by Gasteiger charge is 2.37. The van der Waals surface area contributed by atoms with Crippen molar-refractivity contribution in [2.45, 2.75) is 43.4 Å². The summed E-state index contributed by atoms with van der Waals surface area (Å²) in [5.41, 5.74) is 12.5. The second-order valence-electron chi connectivity index (χ2n) is 5.94. The molecule has 0 amide bonds. The van der Waals surface area contributed by atoms with E-state index in [1.54, 1.807) is 6.20 Å². The standard InChI is InChI=1S/C14H23N5S/c15-12-11(8-17-13(16)18-12)9-19-6-7-20-14(10-19)4-2-1-3-5-14/h8H,1-7,9-10H2,(H4,15,16,17,18). The molecule has 1 spiro atoms. The highest BCUT2D eigenvalue weighted by atomic mass is 32.2. The summed E-state index contributed by atoms with van der Waals surface area (Å²) >= 11 is 2.18. The average Bonchev–Trinajstić information content (AvgIpc) is 2.43. The van der Waals surface area contributed by atoms with Crippen molar-refractivity contribution in [3.63, 3.8) is 0 Å². The third kappa shape index (κ3) is 3.01. The molecule has 3 rings (SSSR count). The first-order valence-electron chi connectivity index (χ1n) is 7.40. The number of nitrogen functional groups attached to an aromatic ring is 2. The predicted molar refractivity (Wildman–Crippen MR) is 84.4 cm³/mol. The van der Waals surface area contributed by atoms with Crippen LogP contribution >= 0.6 is 11.8 Å². The molecule has 2 heterocycles. The molecule has 0 radical (unpaired) electrons. The van der Waals surface area contributed by atoms with Crippen LogP contribution in [0, 0.1) is 0 Å². The highest BCUT2D eigenvalue weighted by Crippen LogP contribution is 2.43. The van der Waals surface area contributed by atoms with Crippen LogP contribution in [-0.4, -0.2) is 38.5 Å². The monoisotopic (exact) mass is 293 g/mol. The van der Waals surface area contributed by atoms with Gasteiger partial charge in [0.2, 0.25) is 5.95 Å². The molecule has 0 aromatic carbocycles. The minimum Gasteiger partial charge on any atom is -0.383 e. The van der Waals surface area contributed by atoms with E-state index in [2.05, 4.69) is 26.6 Å². The van der Waals surface area contributed by atoms with Crippen LogP contribution < -0.4 is 11.5 Å². The van der Waals surface area contributed by atoms with Gasteiger partial charge in [0.05, 0.1) is 0 Å². The van der Waals surface area contributed by atoms with Gasteiger partial charge < -0.3 is 11.5 Å². The molecule has 6 heteroatoms. The van der Waals surface area contributed by atoms with E-state index in [1.807, 2.05) is 0 Å². The maximum absolute atomic E-state index is 5.95. The average molecular weight is 293 g/mol. The SMILES string of the molecule is Nc1ncc(CN2CCSC3(CCCCC3)C2)c(N)n1. The van der Waals surface area contributed by atoms with Crippen molar-refractivity contribution in [3.05, 3.63) is 11.8 Å². The Hall–Kier alpha value is -1.01. The minimum absolute atomic E-state index is 0.254. The number of rotatable bonds is 2. The van der Waals surface area contributed by atoms with Gasteiger partial charge in [0.1, 0.15) is 5.82 Å². The second kappa shape index (κ2) is 5.77. The third-order valence-corrected chi connectivity index (χ3v) is 5.94. The Bertz CT molecular complexity index is 467. The van der Waals surface area contributed by atoms with E-state index in [4.69, 9.17) is 11.5 Å². The number of hydrogen-bond acceptors (Lipinski definition) is 6. The fourth-order valence-corrected chi connectivity index (χ4v) is 4.99. The molecule has 5 nitrogen and oxygen atoms in total. The predicted octanol–water partition coefficient (Wildman–Crippen LogP) is 1.89. The van der Waals surface area contributed by atoms with Crippen LogP contribution in [0.15, 0.2) is 6.20 Å². The van der Waals surface area contributed by atoms with E-state index < -0.39 is 0 Å². The quantitative estimate of drug-likeness (QED) is 0.866. The van der Waals surface area contributed by atoms with Gasteiger partial charge in [-0.2, -0.15) is 16.7 Å². The highest BCUT2D eigenvalue weighted by molar-refractivity contribution is 8.00. The second-order valence-corrected chi connectivity index (χ2v) is 7.50. The van der Waals surface area contributed by atoms with Crippen molar-refractivity contribution in [2.75, 3.05) is 30.3 Å². The molecule has 0 atom stereocenters. The summed E-state index contributed by atoms with van der Waals surface area (Å²) in [5.74, 6) is 1.99. The van der Waals surface area contributed by atoms with Crippen molar-refractivity contribution in [1.29, 1.82) is 0 Å². The summed E-state index contributed by atoms with van der Waals surface area (Å²) in [6, 6.07) is 0. The van der Waals surface area contributed by atoms with Gasteiger partial charge in [-0.3, -0.25) is 4.90 Å². The van der Waals surface area contributed by atoms with Crippen LogP contribution in [0.1, 0.15) is 37.7 Å². The molecule has 110 valence electrons. The van der Waals surface area contributed by atoms with Crippen LogP contribution in [0.25, 0.3) is 0 Å². The molecule has 2 aliphatic rings. The topological polar surface area (TPSA) is 81.1 Å². The van der Waals surface area contributed by atoms with E-state index in [1.165, 1.54) is 44.4 Å². The molecule has 0 bridgehead atoms. The van der Waals surface area contributed by atoms with E-state index >= 15 is 0 Å². The lowest BCUT2D eigenvalue weighted by Gasteiger charge is -2.44. The lowest BCUT2D eigenvalue weighted by atomic mass is 9.87. The van der Waals surface area contributed by atoms with E-state index in [-0.39, 0.29) is 5.95 Å². The molecule has 1 saturated heterocycles. The zero-order chi connectivity index (χ0) is 14.0. The number of thioether (sulfide) groups is 1. The Morgan fingerprint density at radius 2 is 2.05 bits per heavy atom. The van der Waals surface area contributed by atoms with Gasteiger partial charge in [0, 0.05) is 41.9 Å². The normalized spacial score (nSPS) is 23.0. The summed E-state index contributed by atoms with van der Waals surface area (Å²) in [7, 11) is 0. The zero-order valence-electron chi connectivity index (χ0n) is 11.8. The molecule has 0 unspecified atom stereocenters. The molecule has 2 fully saturated rings. The van der Waals surface area contributed by atoms with Crippen molar-refractivity contribution in [3.8, 4) is 0 Å². The Kier molecular flexibility index (Phi) is 4.03. The van der Waals surface area contributed by atoms with Crippen LogP contribution in [-0.2, 0) is 6.54 Å². The molecule has 20 heavy (non-hydrogen) atoms. The van der Waals surface area contributed by atoms with Gasteiger partial charge in [0.15, 0.2) is 0 Å². The van der Waals surface area contributed by atoms with Crippen LogP contribution in [0.3, 0.4) is 0 Å². The molecule has 4 N–H and O–H groups in total. The molecular weight excluding hydrogens is 270 g/mol. The van der Waals surface area contributed by atoms with Gasteiger partial charge in [-0.1, -0.05) is 19.3 Å². The number of nitrogens with two attached hydrogens (primary N) is 2. The summed E-state index contributed by atoms with van der Waals surface area (Å²) in [6.45, 7) is 3.13. The Morgan fingerprint density at radius 1 is 1.25 bits per heavy atom. The van der Waals surface area contributed by atoms with E-state index in [0.29, 0.717) is 10.6 Å². The lowest BCUT2D eigenvalue weighted by molar-refractivity contribution is 0.212. The van der Waals surface area contributed by atoms with Gasteiger partial charge >= 0.3 is 0 Å². The smallest absolute Gasteiger partial charge is 0.221 e. The maximum Gasteiger partial charge on any atom is 0.221 e. The first-order chi connectivity index (χ1) is 9.67. The summed E-state index contributed by atoms with van der Waals surface area (Å²) in [4.78, 5) is 10.6. The lowest BCUT2D eigenvalue weighted by Crippen LogP contribution is -2.47. The molecule has 1 aliphatic carbocycles. The van der Waals surface area contributed by atoms with Crippen LogP contribution in [0.4, 0.5) is 11.8 Å². The van der Waals surface area contributed by atoms with Gasteiger partial charge in [0.25, 0.3) is 0 Å². The Labute approximate surface area is 124 Å². The minimum atomic E-state index is 0.254. The van der Waals surface area contributed by atoms with Gasteiger partial charge in [-0.15, -0.1) is 0 Å². The number of anilines is 2. The Balaban J connectivity index is 1.68. The summed E-state index contributed by atoms with van der Waals surface area (Å²) < 4.78 is 0.486. The summed E-state index contributed by atoms with van der Waals surface area (Å²) in [5, 5.41) is 0. The number of aromatic nitrogens is 2. The van der Waals surface area contributed by atoms with Gasteiger partial charge in [-0.05, 0) is 12.8 Å². The van der Waals surface area contributed by atoms with Crippen molar-refractivity contribution < 1.29 is 0 Å². The molecular formula is C14H23N5S. The molecule has 1 aromatic heterocycles. The van der Waals surface area contributed by atoms with E-state index in [0.717, 1.165) is 18.7 Å². The maximum atomic E-state index is 5.95. The largest absolute Gasteiger partial charge is 0.383 e. The van der Waals surface area contributed by atoms with Crippen molar-refractivity contribution in [1.82, 2.24) is 14.9 Å².